The summed E-state index contributed by atoms with van der Waals surface area (Å²) in [5.74, 6) is -0.184. The van der Waals surface area contributed by atoms with E-state index >= 15 is 0 Å². The average molecular weight is 448 g/mol. The quantitative estimate of drug-likeness (QED) is 0.462. The summed E-state index contributed by atoms with van der Waals surface area (Å²) >= 11 is 0. The molecule has 1 amide bonds. The van der Waals surface area contributed by atoms with Gasteiger partial charge in [-0.25, -0.2) is 8.42 Å². The van der Waals surface area contributed by atoms with Gasteiger partial charge in [0.15, 0.2) is 0 Å². The van der Waals surface area contributed by atoms with Crippen LogP contribution >= 0.6 is 0 Å². The van der Waals surface area contributed by atoms with E-state index < -0.39 is 26.9 Å². The second-order valence-electron chi connectivity index (χ2n) is 8.06. The number of aryl methyl sites for hydroxylation is 1. The Labute approximate surface area is 183 Å². The molecular weight excluding hydrogens is 418 g/mol. The van der Waals surface area contributed by atoms with Crippen molar-refractivity contribution in [3.05, 3.63) is 69.8 Å². The lowest BCUT2D eigenvalue weighted by Gasteiger charge is -2.31. The molecule has 0 spiro atoms. The summed E-state index contributed by atoms with van der Waals surface area (Å²) in [6.45, 7) is 7.21. The molecule has 0 aliphatic carbocycles. The van der Waals surface area contributed by atoms with Gasteiger partial charge in [0.1, 0.15) is 6.04 Å². The van der Waals surface area contributed by atoms with E-state index in [0.717, 1.165) is 16.1 Å². The third kappa shape index (κ3) is 6.27. The minimum Gasteiger partial charge on any atom is -0.347 e. The molecule has 31 heavy (non-hydrogen) atoms. The van der Waals surface area contributed by atoms with Crippen molar-refractivity contribution in [1.82, 2.24) is 5.32 Å². The van der Waals surface area contributed by atoms with E-state index in [9.17, 15) is 23.3 Å². The SMILES string of the molecule is Cc1ccc([N+](=O)[O-])cc1N([C@H](C)C(=O)N[C@@H](CC(C)C)c1ccccc1)S(C)(=O)=O. The van der Waals surface area contributed by atoms with E-state index in [4.69, 9.17) is 0 Å². The Hall–Kier alpha value is -2.94. The zero-order chi connectivity index (χ0) is 23.3. The molecule has 2 aromatic rings. The molecule has 2 aromatic carbocycles. The summed E-state index contributed by atoms with van der Waals surface area (Å²) in [5, 5.41) is 14.2. The van der Waals surface area contributed by atoms with E-state index in [0.29, 0.717) is 17.9 Å². The Balaban J connectivity index is 2.41. The fourth-order valence-corrected chi connectivity index (χ4v) is 4.68. The van der Waals surface area contributed by atoms with Crippen molar-refractivity contribution in [2.24, 2.45) is 5.92 Å². The Bertz CT molecular complexity index is 1040. The second kappa shape index (κ2) is 9.91. The van der Waals surface area contributed by atoms with E-state index in [2.05, 4.69) is 5.32 Å². The predicted molar refractivity (Wildman–Crippen MR) is 121 cm³/mol. The van der Waals surface area contributed by atoms with E-state index in [1.54, 1.807) is 6.92 Å². The van der Waals surface area contributed by atoms with Crippen LogP contribution in [0, 0.1) is 23.0 Å². The van der Waals surface area contributed by atoms with Crippen LogP contribution in [0.15, 0.2) is 48.5 Å². The van der Waals surface area contributed by atoms with Crippen LogP contribution in [0.4, 0.5) is 11.4 Å². The molecule has 168 valence electrons. The number of nitrogens with zero attached hydrogens (tertiary/aromatic N) is 2. The van der Waals surface area contributed by atoms with Crippen molar-refractivity contribution in [1.29, 1.82) is 0 Å². The normalized spacial score (nSPS) is 13.5. The van der Waals surface area contributed by atoms with Gasteiger partial charge in [-0.3, -0.25) is 19.2 Å². The van der Waals surface area contributed by atoms with Crippen LogP contribution in [0.3, 0.4) is 0 Å². The molecule has 9 heteroatoms. The lowest BCUT2D eigenvalue weighted by molar-refractivity contribution is -0.384. The molecule has 2 rings (SSSR count). The number of carbonyl (C=O) groups is 1. The number of benzene rings is 2. The summed E-state index contributed by atoms with van der Waals surface area (Å²) in [7, 11) is -3.90. The number of nitro benzene ring substituents is 1. The maximum absolute atomic E-state index is 13.1. The molecule has 0 unspecified atom stereocenters. The van der Waals surface area contributed by atoms with Crippen LogP contribution < -0.4 is 9.62 Å². The number of nitrogens with one attached hydrogen (secondary N) is 1. The lowest BCUT2D eigenvalue weighted by Crippen LogP contribution is -2.49. The zero-order valence-electron chi connectivity index (χ0n) is 18.4. The van der Waals surface area contributed by atoms with Gasteiger partial charge in [0.05, 0.1) is 22.9 Å². The molecule has 0 bridgehead atoms. The van der Waals surface area contributed by atoms with E-state index in [1.807, 2.05) is 44.2 Å². The number of non-ortho nitro benzene ring substituents is 1. The number of rotatable bonds is 9. The predicted octanol–water partition coefficient (Wildman–Crippen LogP) is 3.96. The Morgan fingerprint density at radius 2 is 1.74 bits per heavy atom. The number of hydrogen-bond donors (Lipinski definition) is 1. The molecule has 0 fully saturated rings. The van der Waals surface area contributed by atoms with Gasteiger partial charge in [-0.1, -0.05) is 50.2 Å². The van der Waals surface area contributed by atoms with Gasteiger partial charge < -0.3 is 5.32 Å². The van der Waals surface area contributed by atoms with Gasteiger partial charge >= 0.3 is 0 Å². The van der Waals surface area contributed by atoms with Gasteiger partial charge in [0.25, 0.3) is 5.69 Å². The average Bonchev–Trinajstić information content (AvgIpc) is 2.68. The monoisotopic (exact) mass is 447 g/mol. The summed E-state index contributed by atoms with van der Waals surface area (Å²) in [4.78, 5) is 23.8. The van der Waals surface area contributed by atoms with Crippen molar-refractivity contribution in [3.63, 3.8) is 0 Å². The fraction of sp³-hybridized carbons (Fsp3) is 0.409. The minimum atomic E-state index is -3.90. The number of hydrogen-bond acceptors (Lipinski definition) is 5. The summed E-state index contributed by atoms with van der Waals surface area (Å²) in [6, 6.07) is 12.0. The highest BCUT2D eigenvalue weighted by Gasteiger charge is 2.32. The maximum atomic E-state index is 13.1. The molecular formula is C22H29N3O5S. The van der Waals surface area contributed by atoms with Crippen LogP contribution in [0.2, 0.25) is 0 Å². The zero-order valence-corrected chi connectivity index (χ0v) is 19.2. The topological polar surface area (TPSA) is 110 Å². The standard InChI is InChI=1S/C22H29N3O5S/c1-15(2)13-20(18-9-7-6-8-10-18)23-22(26)17(4)24(31(5,29)30)21-14-19(25(27)28)12-11-16(21)3/h6-12,14-15,17,20H,13H2,1-5H3,(H,23,26)/t17-,20+/m1/s1. The van der Waals surface area contributed by atoms with Gasteiger partial charge in [-0.2, -0.15) is 0 Å². The van der Waals surface area contributed by atoms with Crippen molar-refractivity contribution in [3.8, 4) is 0 Å². The first-order valence-electron chi connectivity index (χ1n) is 10.0. The third-order valence-electron chi connectivity index (χ3n) is 4.96. The Kier molecular flexibility index (Phi) is 7.78. The smallest absolute Gasteiger partial charge is 0.271 e. The first kappa shape index (κ1) is 24.3. The number of nitro groups is 1. The van der Waals surface area contributed by atoms with Crippen LogP contribution in [-0.4, -0.2) is 31.5 Å². The molecule has 0 saturated carbocycles. The van der Waals surface area contributed by atoms with Gasteiger partial charge in [0.2, 0.25) is 15.9 Å². The molecule has 1 N–H and O–H groups in total. The maximum Gasteiger partial charge on any atom is 0.271 e. The number of anilines is 1. The van der Waals surface area contributed by atoms with Crippen molar-refractivity contribution >= 4 is 27.3 Å². The van der Waals surface area contributed by atoms with Crippen LogP contribution in [0.1, 0.15) is 44.4 Å². The van der Waals surface area contributed by atoms with E-state index in [1.165, 1.54) is 25.1 Å². The molecule has 8 nitrogen and oxygen atoms in total. The minimum absolute atomic E-state index is 0.111. The molecule has 2 atom stereocenters. The number of sulfonamides is 1. The van der Waals surface area contributed by atoms with Gasteiger partial charge in [-0.15, -0.1) is 0 Å². The van der Waals surface area contributed by atoms with Crippen molar-refractivity contribution in [2.75, 3.05) is 10.6 Å². The molecule has 0 heterocycles. The van der Waals surface area contributed by atoms with E-state index in [-0.39, 0.29) is 17.4 Å². The second-order valence-corrected chi connectivity index (χ2v) is 9.92. The van der Waals surface area contributed by atoms with Crippen LogP contribution in [0.5, 0.6) is 0 Å². The van der Waals surface area contributed by atoms with Gasteiger partial charge in [0, 0.05) is 12.1 Å². The lowest BCUT2D eigenvalue weighted by atomic mass is 9.96. The number of amides is 1. The summed E-state index contributed by atoms with van der Waals surface area (Å²) < 4.78 is 26.2. The first-order chi connectivity index (χ1) is 14.4. The fourth-order valence-electron chi connectivity index (χ4n) is 3.46. The highest BCUT2D eigenvalue weighted by molar-refractivity contribution is 7.92. The molecule has 0 saturated heterocycles. The molecule has 0 aliphatic rings. The first-order valence-corrected chi connectivity index (χ1v) is 11.9. The Morgan fingerprint density at radius 3 is 2.26 bits per heavy atom. The Morgan fingerprint density at radius 1 is 1.13 bits per heavy atom. The highest BCUT2D eigenvalue weighted by Crippen LogP contribution is 2.30. The summed E-state index contributed by atoms with van der Waals surface area (Å²) in [5.41, 5.74) is 1.30. The highest BCUT2D eigenvalue weighted by atomic mass is 32.2. The van der Waals surface area contributed by atoms with Crippen molar-refractivity contribution < 1.29 is 18.1 Å². The van der Waals surface area contributed by atoms with Gasteiger partial charge in [-0.05, 0) is 37.3 Å². The largest absolute Gasteiger partial charge is 0.347 e. The third-order valence-corrected chi connectivity index (χ3v) is 6.18. The molecule has 0 radical (unpaired) electrons. The molecule has 0 aliphatic heterocycles. The number of carbonyl (C=O) groups excluding carboxylic acids is 1. The van der Waals surface area contributed by atoms with Crippen molar-refractivity contribution in [2.45, 2.75) is 46.2 Å². The van der Waals surface area contributed by atoms with Crippen LogP contribution in [0.25, 0.3) is 0 Å². The van der Waals surface area contributed by atoms with Crippen LogP contribution in [-0.2, 0) is 14.8 Å². The molecule has 0 aromatic heterocycles. The summed E-state index contributed by atoms with van der Waals surface area (Å²) in [6.07, 6.45) is 1.66.